The molecule has 0 bridgehead atoms. The van der Waals surface area contributed by atoms with Crippen molar-refractivity contribution in [1.29, 1.82) is 0 Å². The van der Waals surface area contributed by atoms with E-state index >= 15 is 0 Å². The lowest BCUT2D eigenvalue weighted by Crippen LogP contribution is -2.43. The second kappa shape index (κ2) is 8.13. The van der Waals surface area contributed by atoms with Gasteiger partial charge in [-0.05, 0) is 47.2 Å². The number of nitrogens with zero attached hydrogens (tertiary/aromatic N) is 2. The highest BCUT2D eigenvalue weighted by molar-refractivity contribution is 7.10. The minimum Gasteiger partial charge on any atom is -0.493 e. The molecule has 7 heteroatoms. The van der Waals surface area contributed by atoms with Gasteiger partial charge in [0.2, 0.25) is 5.91 Å². The molecule has 0 spiro atoms. The van der Waals surface area contributed by atoms with Gasteiger partial charge >= 0.3 is 0 Å². The molecule has 1 aromatic carbocycles. The smallest absolute Gasteiger partial charge is 0.250 e. The number of aromatic nitrogens is 1. The summed E-state index contributed by atoms with van der Waals surface area (Å²) < 4.78 is 12.4. The predicted molar refractivity (Wildman–Crippen MR) is 112 cm³/mol. The Morgan fingerprint density at radius 3 is 2.62 bits per heavy atom. The number of methoxy groups -OCH3 is 2. The molecule has 0 radical (unpaired) electrons. The van der Waals surface area contributed by atoms with E-state index in [0.717, 1.165) is 16.0 Å². The van der Waals surface area contributed by atoms with Crippen molar-refractivity contribution in [1.82, 2.24) is 9.47 Å². The molecule has 1 amide bonds. The molecular weight excluding hydrogens is 388 g/mol. The largest absolute Gasteiger partial charge is 0.493 e. The summed E-state index contributed by atoms with van der Waals surface area (Å²) >= 11 is 1.61. The quantitative estimate of drug-likeness (QED) is 0.649. The number of ether oxygens (including phenoxy) is 2. The monoisotopic (exact) mass is 410 g/mol. The van der Waals surface area contributed by atoms with Crippen molar-refractivity contribution in [3.8, 4) is 11.5 Å². The molecule has 4 rings (SSSR count). The molecule has 3 heterocycles. The van der Waals surface area contributed by atoms with E-state index in [1.54, 1.807) is 43.9 Å². The van der Waals surface area contributed by atoms with E-state index in [2.05, 4.69) is 0 Å². The van der Waals surface area contributed by atoms with Gasteiger partial charge in [0.25, 0.3) is 5.56 Å². The molecule has 3 aromatic rings. The molecule has 2 aromatic heterocycles. The van der Waals surface area contributed by atoms with E-state index in [1.807, 2.05) is 34.5 Å². The van der Waals surface area contributed by atoms with E-state index < -0.39 is 0 Å². The van der Waals surface area contributed by atoms with Crippen molar-refractivity contribution in [2.45, 2.75) is 19.0 Å². The first-order valence-corrected chi connectivity index (χ1v) is 10.2. The number of carbonyl (C=O) groups excluding carboxylic acids is 1. The van der Waals surface area contributed by atoms with Gasteiger partial charge in [0, 0.05) is 23.7 Å². The Hall–Kier alpha value is -3.06. The Morgan fingerprint density at radius 1 is 1.14 bits per heavy atom. The number of benzene rings is 1. The van der Waals surface area contributed by atoms with Crippen LogP contribution in [-0.4, -0.2) is 36.1 Å². The molecule has 0 saturated heterocycles. The van der Waals surface area contributed by atoms with E-state index in [-0.39, 0.29) is 24.1 Å². The van der Waals surface area contributed by atoms with Gasteiger partial charge in [0.1, 0.15) is 6.54 Å². The van der Waals surface area contributed by atoms with E-state index in [0.29, 0.717) is 24.5 Å². The normalized spacial score (nSPS) is 15.7. The maximum absolute atomic E-state index is 13.2. The molecule has 1 aliphatic heterocycles. The lowest BCUT2D eigenvalue weighted by Gasteiger charge is -2.37. The van der Waals surface area contributed by atoms with Crippen LogP contribution in [0.1, 0.15) is 22.0 Å². The number of fused-ring (bicyclic) bond motifs is 1. The SMILES string of the molecule is COc1cc2c(cc1OC)[C@@H](c1cccs1)N(C(=O)Cn1ccccc1=O)CC2. The van der Waals surface area contributed by atoms with Crippen LogP contribution in [0.3, 0.4) is 0 Å². The van der Waals surface area contributed by atoms with Crippen LogP contribution in [-0.2, 0) is 17.8 Å². The van der Waals surface area contributed by atoms with Gasteiger partial charge in [-0.3, -0.25) is 9.59 Å². The highest BCUT2D eigenvalue weighted by atomic mass is 32.1. The van der Waals surface area contributed by atoms with Gasteiger partial charge in [-0.15, -0.1) is 11.3 Å². The summed E-state index contributed by atoms with van der Waals surface area (Å²) in [7, 11) is 3.23. The van der Waals surface area contributed by atoms with Gasteiger partial charge in [-0.1, -0.05) is 12.1 Å². The maximum Gasteiger partial charge on any atom is 0.250 e. The van der Waals surface area contributed by atoms with Crippen molar-refractivity contribution in [2.24, 2.45) is 0 Å². The summed E-state index contributed by atoms with van der Waals surface area (Å²) in [5.74, 6) is 1.24. The first-order chi connectivity index (χ1) is 14.1. The summed E-state index contributed by atoms with van der Waals surface area (Å²) in [6.07, 6.45) is 2.36. The second-order valence-corrected chi connectivity index (χ2v) is 7.81. The summed E-state index contributed by atoms with van der Waals surface area (Å²) in [6.45, 7) is 0.593. The zero-order valence-corrected chi connectivity index (χ0v) is 17.1. The minimum atomic E-state index is -0.217. The molecular formula is C22H22N2O4S. The van der Waals surface area contributed by atoms with Crippen LogP contribution in [0.2, 0.25) is 0 Å². The third kappa shape index (κ3) is 3.65. The van der Waals surface area contributed by atoms with Crippen LogP contribution >= 0.6 is 11.3 Å². The molecule has 0 aliphatic carbocycles. The Bertz CT molecular complexity index is 1070. The van der Waals surface area contributed by atoms with E-state index in [9.17, 15) is 9.59 Å². The summed E-state index contributed by atoms with van der Waals surface area (Å²) in [6, 6.07) is 12.7. The molecule has 0 N–H and O–H groups in total. The summed E-state index contributed by atoms with van der Waals surface area (Å²) in [5.41, 5.74) is 1.99. The average Bonchev–Trinajstić information content (AvgIpc) is 3.27. The van der Waals surface area contributed by atoms with Crippen LogP contribution in [0, 0.1) is 0 Å². The fourth-order valence-corrected chi connectivity index (χ4v) is 4.65. The van der Waals surface area contributed by atoms with Gasteiger partial charge in [0.15, 0.2) is 11.5 Å². The lowest BCUT2D eigenvalue weighted by atomic mass is 9.90. The summed E-state index contributed by atoms with van der Waals surface area (Å²) in [4.78, 5) is 28.2. The Balaban J connectivity index is 1.75. The summed E-state index contributed by atoms with van der Waals surface area (Å²) in [5, 5.41) is 2.01. The van der Waals surface area contributed by atoms with Crippen molar-refractivity contribution in [3.05, 3.63) is 80.4 Å². The zero-order chi connectivity index (χ0) is 20.4. The minimum absolute atomic E-state index is 0.0180. The van der Waals surface area contributed by atoms with Crippen molar-refractivity contribution in [2.75, 3.05) is 20.8 Å². The number of rotatable bonds is 5. The number of pyridine rings is 1. The molecule has 1 atom stereocenters. The zero-order valence-electron chi connectivity index (χ0n) is 16.3. The first-order valence-electron chi connectivity index (χ1n) is 9.35. The highest BCUT2D eigenvalue weighted by Crippen LogP contribution is 2.42. The molecule has 29 heavy (non-hydrogen) atoms. The van der Waals surface area contributed by atoms with Crippen molar-refractivity contribution in [3.63, 3.8) is 0 Å². The molecule has 0 saturated carbocycles. The van der Waals surface area contributed by atoms with Crippen LogP contribution in [0.4, 0.5) is 0 Å². The van der Waals surface area contributed by atoms with Crippen LogP contribution in [0.25, 0.3) is 0 Å². The van der Waals surface area contributed by atoms with Crippen LogP contribution < -0.4 is 15.0 Å². The molecule has 0 unspecified atom stereocenters. The van der Waals surface area contributed by atoms with Crippen LogP contribution in [0.5, 0.6) is 11.5 Å². The number of carbonyl (C=O) groups is 1. The van der Waals surface area contributed by atoms with Gasteiger partial charge in [-0.25, -0.2) is 0 Å². The first kappa shape index (κ1) is 19.3. The van der Waals surface area contributed by atoms with E-state index in [1.165, 1.54) is 10.6 Å². The standard InChI is InChI=1S/C22H22N2O4S/c1-27-17-12-15-8-10-24(21(26)14-23-9-4-3-7-20(23)25)22(19-6-5-11-29-19)16(15)13-18(17)28-2/h3-7,9,11-13,22H,8,10,14H2,1-2H3/t22-/m0/s1. The second-order valence-electron chi connectivity index (χ2n) is 6.83. The molecule has 150 valence electrons. The third-order valence-corrected chi connectivity index (χ3v) is 6.14. The third-order valence-electron chi connectivity index (χ3n) is 5.21. The van der Waals surface area contributed by atoms with Crippen LogP contribution in [0.15, 0.2) is 58.8 Å². The predicted octanol–water partition coefficient (Wildman–Crippen LogP) is 3.10. The van der Waals surface area contributed by atoms with Crippen molar-refractivity contribution < 1.29 is 14.3 Å². The number of hydrogen-bond acceptors (Lipinski definition) is 5. The average molecular weight is 410 g/mol. The van der Waals surface area contributed by atoms with Crippen molar-refractivity contribution >= 4 is 17.2 Å². The van der Waals surface area contributed by atoms with Gasteiger partial charge < -0.3 is 18.9 Å². The Labute approximate surface area is 172 Å². The molecule has 0 fully saturated rings. The molecule has 6 nitrogen and oxygen atoms in total. The fourth-order valence-electron chi connectivity index (χ4n) is 3.80. The lowest BCUT2D eigenvalue weighted by molar-refractivity contribution is -0.133. The van der Waals surface area contributed by atoms with E-state index in [4.69, 9.17) is 9.47 Å². The number of thiophene rings is 1. The number of amides is 1. The van der Waals surface area contributed by atoms with Gasteiger partial charge in [-0.2, -0.15) is 0 Å². The Morgan fingerprint density at radius 2 is 1.93 bits per heavy atom. The Kier molecular flexibility index (Phi) is 5.40. The topological polar surface area (TPSA) is 60.8 Å². The maximum atomic E-state index is 13.2. The number of hydrogen-bond donors (Lipinski definition) is 0. The molecule has 1 aliphatic rings. The van der Waals surface area contributed by atoms with Gasteiger partial charge in [0.05, 0.1) is 20.3 Å². The fraction of sp³-hybridized carbons (Fsp3) is 0.273. The highest BCUT2D eigenvalue weighted by Gasteiger charge is 2.34.